The highest BCUT2D eigenvalue weighted by molar-refractivity contribution is 5.04. The molecule has 2 nitrogen and oxygen atoms in total. The second kappa shape index (κ2) is 2.46. The van der Waals surface area contributed by atoms with E-state index in [-0.39, 0.29) is 5.60 Å². The lowest BCUT2D eigenvalue weighted by Crippen LogP contribution is -2.52. The van der Waals surface area contributed by atoms with Crippen LogP contribution in [0.2, 0.25) is 0 Å². The van der Waals surface area contributed by atoms with E-state index in [9.17, 15) is 0 Å². The van der Waals surface area contributed by atoms with Crippen LogP contribution in [0.3, 0.4) is 0 Å². The van der Waals surface area contributed by atoms with E-state index >= 15 is 0 Å². The van der Waals surface area contributed by atoms with E-state index in [2.05, 4.69) is 5.32 Å². The Balaban J connectivity index is 1.81. The molecule has 2 saturated carbocycles. The quantitative estimate of drug-likeness (QED) is 0.584. The van der Waals surface area contributed by atoms with Crippen molar-refractivity contribution < 1.29 is 4.74 Å². The molecule has 2 bridgehead atoms. The second-order valence-corrected chi connectivity index (χ2v) is 4.67. The summed E-state index contributed by atoms with van der Waals surface area (Å²) in [7, 11) is 0. The summed E-state index contributed by atoms with van der Waals surface area (Å²) in [6.07, 6.45) is 5.68. The fourth-order valence-electron chi connectivity index (χ4n) is 3.46. The Morgan fingerprint density at radius 1 is 1.33 bits per heavy atom. The van der Waals surface area contributed by atoms with Crippen molar-refractivity contribution in [2.75, 3.05) is 19.7 Å². The van der Waals surface area contributed by atoms with E-state index in [0.717, 1.165) is 31.5 Å². The molecule has 1 aliphatic heterocycles. The van der Waals surface area contributed by atoms with Gasteiger partial charge in [-0.15, -0.1) is 0 Å². The topological polar surface area (TPSA) is 21.3 Å². The van der Waals surface area contributed by atoms with Crippen LogP contribution < -0.4 is 5.32 Å². The lowest BCUT2D eigenvalue weighted by atomic mass is 9.83. The van der Waals surface area contributed by atoms with Crippen molar-refractivity contribution in [1.29, 1.82) is 0 Å². The Hall–Kier alpha value is -0.0800. The summed E-state index contributed by atoms with van der Waals surface area (Å²) in [6, 6.07) is 0. The molecule has 1 saturated heterocycles. The fraction of sp³-hybridized carbons (Fsp3) is 1.00. The predicted molar refractivity (Wildman–Crippen MR) is 47.0 cm³/mol. The molecule has 3 atom stereocenters. The molecule has 3 aliphatic rings. The van der Waals surface area contributed by atoms with Crippen LogP contribution in [0, 0.1) is 11.8 Å². The monoisotopic (exact) mass is 167 g/mol. The van der Waals surface area contributed by atoms with Gasteiger partial charge in [0.15, 0.2) is 0 Å². The van der Waals surface area contributed by atoms with E-state index in [0.29, 0.717) is 0 Å². The van der Waals surface area contributed by atoms with Crippen LogP contribution in [0.15, 0.2) is 0 Å². The number of fused-ring (bicyclic) bond motifs is 3. The van der Waals surface area contributed by atoms with Crippen molar-refractivity contribution in [3.63, 3.8) is 0 Å². The molecular weight excluding hydrogens is 150 g/mol. The smallest absolute Gasteiger partial charge is 0.0837 e. The highest BCUT2D eigenvalue weighted by atomic mass is 16.5. The molecule has 2 heteroatoms. The first-order valence-corrected chi connectivity index (χ1v) is 5.24. The summed E-state index contributed by atoms with van der Waals surface area (Å²) in [5.74, 6) is 1.88. The van der Waals surface area contributed by atoms with Gasteiger partial charge in [-0.2, -0.15) is 0 Å². The molecule has 0 amide bonds. The van der Waals surface area contributed by atoms with E-state index in [1.165, 1.54) is 25.7 Å². The number of nitrogens with one attached hydrogen (secondary N) is 1. The Kier molecular flexibility index (Phi) is 1.50. The molecular formula is C10H17NO. The molecule has 0 aromatic rings. The third-order valence-electron chi connectivity index (χ3n) is 4.01. The molecule has 12 heavy (non-hydrogen) atoms. The normalized spacial score (nSPS) is 52.0. The van der Waals surface area contributed by atoms with Crippen LogP contribution in [0.1, 0.15) is 25.7 Å². The van der Waals surface area contributed by atoms with E-state index in [1.54, 1.807) is 0 Å². The standard InChI is InChI=1S/C10H17NO/c1-2-9-5-8(1)6-10(9)7-11-3-4-12-10/h8-9,11H,1-7H2/t8-,9+,10-/m1/s1. The van der Waals surface area contributed by atoms with Gasteiger partial charge in [0.25, 0.3) is 0 Å². The van der Waals surface area contributed by atoms with Crippen LogP contribution in [0.5, 0.6) is 0 Å². The SMILES string of the molecule is C1CO[C@@]2(CN1)C[C@@H]1CC[C@H]2C1. The van der Waals surface area contributed by atoms with Gasteiger partial charge in [0, 0.05) is 13.1 Å². The minimum atomic E-state index is 0.279. The zero-order valence-corrected chi connectivity index (χ0v) is 7.51. The van der Waals surface area contributed by atoms with Crippen molar-refractivity contribution in [2.24, 2.45) is 11.8 Å². The van der Waals surface area contributed by atoms with Gasteiger partial charge < -0.3 is 10.1 Å². The molecule has 3 rings (SSSR count). The minimum Gasteiger partial charge on any atom is -0.372 e. The zero-order chi connectivity index (χ0) is 8.02. The summed E-state index contributed by atoms with van der Waals surface area (Å²) >= 11 is 0. The van der Waals surface area contributed by atoms with Gasteiger partial charge in [0.05, 0.1) is 12.2 Å². The van der Waals surface area contributed by atoms with Crippen LogP contribution in [0.4, 0.5) is 0 Å². The number of hydrogen-bond donors (Lipinski definition) is 1. The molecule has 0 aromatic carbocycles. The third kappa shape index (κ3) is 0.882. The highest BCUT2D eigenvalue weighted by Crippen LogP contribution is 2.52. The summed E-state index contributed by atoms with van der Waals surface area (Å²) in [6.45, 7) is 3.11. The molecule has 68 valence electrons. The van der Waals surface area contributed by atoms with Crippen LogP contribution in [0.25, 0.3) is 0 Å². The highest BCUT2D eigenvalue weighted by Gasteiger charge is 2.52. The van der Waals surface area contributed by atoms with E-state index in [4.69, 9.17) is 4.74 Å². The average molecular weight is 167 g/mol. The molecule has 1 spiro atoms. The predicted octanol–water partition coefficient (Wildman–Crippen LogP) is 1.16. The Morgan fingerprint density at radius 3 is 2.92 bits per heavy atom. The van der Waals surface area contributed by atoms with Gasteiger partial charge in [0.2, 0.25) is 0 Å². The van der Waals surface area contributed by atoms with Crippen LogP contribution >= 0.6 is 0 Å². The van der Waals surface area contributed by atoms with Crippen LogP contribution in [-0.2, 0) is 4.74 Å². The van der Waals surface area contributed by atoms with Gasteiger partial charge >= 0.3 is 0 Å². The van der Waals surface area contributed by atoms with Gasteiger partial charge in [0.1, 0.15) is 0 Å². The minimum absolute atomic E-state index is 0.279. The molecule has 3 fully saturated rings. The summed E-state index contributed by atoms with van der Waals surface area (Å²) < 4.78 is 6.00. The number of ether oxygens (including phenoxy) is 1. The molecule has 0 radical (unpaired) electrons. The maximum atomic E-state index is 6.00. The van der Waals surface area contributed by atoms with E-state index in [1.807, 2.05) is 0 Å². The first-order valence-electron chi connectivity index (χ1n) is 5.24. The third-order valence-corrected chi connectivity index (χ3v) is 4.01. The van der Waals surface area contributed by atoms with Crippen molar-refractivity contribution >= 4 is 0 Å². The summed E-state index contributed by atoms with van der Waals surface area (Å²) in [5.41, 5.74) is 0.279. The van der Waals surface area contributed by atoms with Crippen molar-refractivity contribution in [2.45, 2.75) is 31.3 Å². The van der Waals surface area contributed by atoms with Crippen molar-refractivity contribution in [3.05, 3.63) is 0 Å². The van der Waals surface area contributed by atoms with Crippen LogP contribution in [-0.4, -0.2) is 25.3 Å². The van der Waals surface area contributed by atoms with Gasteiger partial charge in [-0.3, -0.25) is 0 Å². The number of rotatable bonds is 0. The first-order chi connectivity index (χ1) is 5.89. The molecule has 0 unspecified atom stereocenters. The van der Waals surface area contributed by atoms with E-state index < -0.39 is 0 Å². The summed E-state index contributed by atoms with van der Waals surface area (Å²) in [4.78, 5) is 0. The lowest BCUT2D eigenvalue weighted by Gasteiger charge is -2.41. The molecule has 1 N–H and O–H groups in total. The molecule has 2 aliphatic carbocycles. The van der Waals surface area contributed by atoms with Crippen molar-refractivity contribution in [1.82, 2.24) is 5.32 Å². The lowest BCUT2D eigenvalue weighted by molar-refractivity contribution is -0.0999. The largest absolute Gasteiger partial charge is 0.372 e. The Morgan fingerprint density at radius 2 is 2.33 bits per heavy atom. The van der Waals surface area contributed by atoms with Gasteiger partial charge in [-0.1, -0.05) is 0 Å². The second-order valence-electron chi connectivity index (χ2n) is 4.67. The van der Waals surface area contributed by atoms with Crippen molar-refractivity contribution in [3.8, 4) is 0 Å². The zero-order valence-electron chi connectivity index (χ0n) is 7.51. The maximum absolute atomic E-state index is 6.00. The fourth-order valence-corrected chi connectivity index (χ4v) is 3.46. The molecule has 1 heterocycles. The number of morpholine rings is 1. The number of hydrogen-bond acceptors (Lipinski definition) is 2. The average Bonchev–Trinajstić information content (AvgIpc) is 2.65. The maximum Gasteiger partial charge on any atom is 0.0837 e. The van der Waals surface area contributed by atoms with Gasteiger partial charge in [-0.05, 0) is 37.5 Å². The Bertz CT molecular complexity index is 186. The first kappa shape index (κ1) is 7.34. The Labute approximate surface area is 73.7 Å². The summed E-state index contributed by atoms with van der Waals surface area (Å²) in [5, 5.41) is 3.48. The van der Waals surface area contributed by atoms with Gasteiger partial charge in [-0.25, -0.2) is 0 Å². The molecule has 0 aromatic heterocycles.